The Balaban J connectivity index is 1.48. The predicted octanol–water partition coefficient (Wildman–Crippen LogP) is 4.04. The number of carbonyl (C=O) groups is 2. The van der Waals surface area contributed by atoms with Gasteiger partial charge in [0, 0.05) is 41.7 Å². The minimum atomic E-state index is -0.368. The van der Waals surface area contributed by atoms with E-state index >= 15 is 0 Å². The summed E-state index contributed by atoms with van der Waals surface area (Å²) in [5, 5.41) is 0.955. The first-order valence-corrected chi connectivity index (χ1v) is 10.2. The molecule has 1 aliphatic heterocycles. The van der Waals surface area contributed by atoms with Crippen LogP contribution < -0.4 is 4.74 Å². The molecule has 30 heavy (non-hydrogen) atoms. The lowest BCUT2D eigenvalue weighted by atomic mass is 10.0. The van der Waals surface area contributed by atoms with Crippen molar-refractivity contribution in [3.05, 3.63) is 64.8 Å². The van der Waals surface area contributed by atoms with Crippen LogP contribution in [-0.4, -0.2) is 42.0 Å². The fraction of sp³-hybridized carbons (Fsp3) is 0.333. The number of amides is 1. The first kappa shape index (κ1) is 20.0. The fourth-order valence-electron chi connectivity index (χ4n) is 3.87. The molecule has 0 fully saturated rings. The summed E-state index contributed by atoms with van der Waals surface area (Å²) in [5.74, 6) is 0.699. The molecular weight excluding hydrogens is 380 g/mol. The van der Waals surface area contributed by atoms with Gasteiger partial charge in [-0.15, -0.1) is 0 Å². The Morgan fingerprint density at radius 1 is 1.17 bits per heavy atom. The Morgan fingerprint density at radius 2 is 2.00 bits per heavy atom. The third-order valence-electron chi connectivity index (χ3n) is 5.64. The first-order chi connectivity index (χ1) is 14.5. The lowest BCUT2D eigenvalue weighted by Crippen LogP contribution is -2.38. The van der Waals surface area contributed by atoms with Gasteiger partial charge in [0.25, 0.3) is 5.91 Å². The second kappa shape index (κ2) is 8.22. The molecule has 0 saturated carbocycles. The molecule has 0 saturated heterocycles. The van der Waals surface area contributed by atoms with E-state index in [4.69, 9.17) is 9.47 Å². The number of hydrogen-bond donors (Lipinski definition) is 1. The SMILES string of the molecule is COC(=O)c1ccc2[nH]c3c(c2c1)CN(C(=O)COc1cccc(C(C)C)c1)CC3. The van der Waals surface area contributed by atoms with Gasteiger partial charge in [-0.25, -0.2) is 4.79 Å². The maximum absolute atomic E-state index is 12.8. The van der Waals surface area contributed by atoms with E-state index in [9.17, 15) is 9.59 Å². The Bertz CT molecular complexity index is 1100. The molecular formula is C24H26N2O4. The monoisotopic (exact) mass is 406 g/mol. The average molecular weight is 406 g/mol. The maximum atomic E-state index is 12.8. The summed E-state index contributed by atoms with van der Waals surface area (Å²) in [7, 11) is 1.37. The zero-order valence-corrected chi connectivity index (χ0v) is 17.5. The number of benzene rings is 2. The Hall–Kier alpha value is -3.28. The third kappa shape index (κ3) is 3.90. The number of esters is 1. The van der Waals surface area contributed by atoms with Gasteiger partial charge in [0.05, 0.1) is 12.7 Å². The summed E-state index contributed by atoms with van der Waals surface area (Å²) in [6, 6.07) is 13.3. The fourth-order valence-corrected chi connectivity index (χ4v) is 3.87. The van der Waals surface area contributed by atoms with Crippen molar-refractivity contribution >= 4 is 22.8 Å². The van der Waals surface area contributed by atoms with E-state index in [0.29, 0.717) is 30.3 Å². The first-order valence-electron chi connectivity index (χ1n) is 10.2. The smallest absolute Gasteiger partial charge is 0.337 e. The topological polar surface area (TPSA) is 71.6 Å². The highest BCUT2D eigenvalue weighted by Gasteiger charge is 2.25. The van der Waals surface area contributed by atoms with Crippen molar-refractivity contribution in [3.8, 4) is 5.75 Å². The average Bonchev–Trinajstić information content (AvgIpc) is 3.14. The summed E-state index contributed by atoms with van der Waals surface area (Å²) >= 11 is 0. The second-order valence-corrected chi connectivity index (χ2v) is 7.92. The molecule has 1 amide bonds. The van der Waals surface area contributed by atoms with Crippen molar-refractivity contribution < 1.29 is 19.1 Å². The highest BCUT2D eigenvalue weighted by atomic mass is 16.5. The van der Waals surface area contributed by atoms with Crippen molar-refractivity contribution in [1.82, 2.24) is 9.88 Å². The van der Waals surface area contributed by atoms with Crippen molar-refractivity contribution in [2.45, 2.75) is 32.7 Å². The second-order valence-electron chi connectivity index (χ2n) is 7.92. The molecule has 2 aromatic carbocycles. The number of aromatic amines is 1. The maximum Gasteiger partial charge on any atom is 0.337 e. The van der Waals surface area contributed by atoms with E-state index in [1.807, 2.05) is 35.2 Å². The normalized spacial score (nSPS) is 13.4. The van der Waals surface area contributed by atoms with Gasteiger partial charge in [-0.05, 0) is 41.8 Å². The molecule has 0 radical (unpaired) electrons. The van der Waals surface area contributed by atoms with Crippen LogP contribution in [0.1, 0.15) is 46.9 Å². The van der Waals surface area contributed by atoms with Gasteiger partial charge in [0.15, 0.2) is 6.61 Å². The molecule has 156 valence electrons. The molecule has 1 aromatic heterocycles. The van der Waals surface area contributed by atoms with Crippen molar-refractivity contribution in [1.29, 1.82) is 0 Å². The van der Waals surface area contributed by atoms with Crippen LogP contribution in [0.3, 0.4) is 0 Å². The summed E-state index contributed by atoms with van der Waals surface area (Å²) in [5.41, 5.74) is 4.81. The Kier molecular flexibility index (Phi) is 5.48. The van der Waals surface area contributed by atoms with Crippen LogP contribution in [0.25, 0.3) is 10.9 Å². The molecule has 0 atom stereocenters. The summed E-state index contributed by atoms with van der Waals surface area (Å²) in [6.07, 6.45) is 0.742. The Morgan fingerprint density at radius 3 is 2.77 bits per heavy atom. The van der Waals surface area contributed by atoms with E-state index in [1.165, 1.54) is 12.7 Å². The lowest BCUT2D eigenvalue weighted by molar-refractivity contribution is -0.134. The molecule has 6 heteroatoms. The van der Waals surface area contributed by atoms with E-state index in [2.05, 4.69) is 24.9 Å². The molecule has 3 aromatic rings. The molecule has 6 nitrogen and oxygen atoms in total. The van der Waals surface area contributed by atoms with Gasteiger partial charge < -0.3 is 19.4 Å². The number of nitrogens with one attached hydrogen (secondary N) is 1. The molecule has 0 aliphatic carbocycles. The van der Waals surface area contributed by atoms with Crippen molar-refractivity contribution in [3.63, 3.8) is 0 Å². The number of carbonyl (C=O) groups excluding carboxylic acids is 2. The molecule has 4 rings (SSSR count). The molecule has 2 heterocycles. The predicted molar refractivity (Wildman–Crippen MR) is 115 cm³/mol. The van der Waals surface area contributed by atoms with Crippen molar-refractivity contribution in [2.24, 2.45) is 0 Å². The largest absolute Gasteiger partial charge is 0.484 e. The lowest BCUT2D eigenvalue weighted by Gasteiger charge is -2.27. The third-order valence-corrected chi connectivity index (χ3v) is 5.64. The van der Waals surface area contributed by atoms with Gasteiger partial charge in [0.1, 0.15) is 5.75 Å². The molecule has 0 unspecified atom stereocenters. The molecule has 0 spiro atoms. The molecule has 1 aliphatic rings. The van der Waals surface area contributed by atoms with E-state index in [-0.39, 0.29) is 18.5 Å². The standard InChI is InChI=1S/C24H26N2O4/c1-15(2)16-5-4-6-18(11-16)30-14-23(27)26-10-9-22-20(13-26)19-12-17(24(28)29-3)7-8-21(19)25-22/h4-8,11-12,15,25H,9-10,13-14H2,1-3H3. The van der Waals surface area contributed by atoms with Gasteiger partial charge in [-0.1, -0.05) is 26.0 Å². The minimum Gasteiger partial charge on any atom is -0.484 e. The number of ether oxygens (including phenoxy) is 2. The van der Waals surface area contributed by atoms with E-state index in [1.54, 1.807) is 6.07 Å². The quantitative estimate of drug-likeness (QED) is 0.649. The number of aromatic nitrogens is 1. The van der Waals surface area contributed by atoms with E-state index < -0.39 is 0 Å². The number of rotatable bonds is 5. The van der Waals surface area contributed by atoms with Crippen LogP contribution in [0.15, 0.2) is 42.5 Å². The zero-order valence-electron chi connectivity index (χ0n) is 17.5. The highest BCUT2D eigenvalue weighted by molar-refractivity contribution is 5.96. The van der Waals surface area contributed by atoms with Gasteiger partial charge >= 0.3 is 5.97 Å². The molecule has 0 bridgehead atoms. The number of H-pyrrole nitrogens is 1. The summed E-state index contributed by atoms with van der Waals surface area (Å²) in [4.78, 5) is 29.9. The number of nitrogens with zero attached hydrogens (tertiary/aromatic N) is 1. The van der Waals surface area contributed by atoms with Crippen LogP contribution in [0.2, 0.25) is 0 Å². The summed E-state index contributed by atoms with van der Waals surface area (Å²) < 4.78 is 10.6. The minimum absolute atomic E-state index is 0.00660. The van der Waals surface area contributed by atoms with Gasteiger partial charge in [-0.3, -0.25) is 4.79 Å². The van der Waals surface area contributed by atoms with Crippen LogP contribution >= 0.6 is 0 Å². The summed E-state index contributed by atoms with van der Waals surface area (Å²) in [6.45, 7) is 5.39. The number of fused-ring (bicyclic) bond motifs is 3. The Labute approximate surface area is 175 Å². The van der Waals surface area contributed by atoms with E-state index in [0.717, 1.165) is 28.6 Å². The van der Waals surface area contributed by atoms with Crippen LogP contribution in [-0.2, 0) is 22.5 Å². The number of hydrogen-bond acceptors (Lipinski definition) is 4. The van der Waals surface area contributed by atoms with Crippen LogP contribution in [0.5, 0.6) is 5.75 Å². The van der Waals surface area contributed by atoms with Crippen LogP contribution in [0.4, 0.5) is 0 Å². The van der Waals surface area contributed by atoms with Gasteiger partial charge in [0.2, 0.25) is 0 Å². The zero-order chi connectivity index (χ0) is 21.3. The molecule has 1 N–H and O–H groups in total. The van der Waals surface area contributed by atoms with Crippen LogP contribution in [0, 0.1) is 0 Å². The van der Waals surface area contributed by atoms with Gasteiger partial charge in [-0.2, -0.15) is 0 Å². The number of methoxy groups -OCH3 is 1. The van der Waals surface area contributed by atoms with Crippen molar-refractivity contribution in [2.75, 3.05) is 20.3 Å². The highest BCUT2D eigenvalue weighted by Crippen LogP contribution is 2.29.